The number of anilines is 1. The molecule has 8 nitrogen and oxygen atoms in total. The van der Waals surface area contributed by atoms with Crippen LogP contribution in [0.5, 0.6) is 0 Å². The number of hydrazone groups is 1. The third-order valence-corrected chi connectivity index (χ3v) is 5.31. The Balaban J connectivity index is 1.63. The van der Waals surface area contributed by atoms with Crippen LogP contribution in [0.2, 0.25) is 0 Å². The molecule has 32 heavy (non-hydrogen) atoms. The third kappa shape index (κ3) is 3.97. The first-order chi connectivity index (χ1) is 15.2. The van der Waals surface area contributed by atoms with E-state index in [4.69, 9.17) is 9.52 Å². The number of halogens is 1. The number of carbonyl (C=O) groups excluding carboxylic acids is 1. The molecule has 2 aromatic carbocycles. The highest BCUT2D eigenvalue weighted by molar-refractivity contribution is 9.10. The molecular weight excluding hydrogens is 480 g/mol. The maximum Gasteiger partial charge on any atom is 0.336 e. The maximum absolute atomic E-state index is 12.9. The lowest BCUT2D eigenvalue weighted by molar-refractivity contribution is -0.114. The molecule has 0 radical (unpaired) electrons. The number of rotatable bonds is 5. The van der Waals surface area contributed by atoms with Gasteiger partial charge in [0.25, 0.3) is 5.91 Å². The standard InChI is InChI=1S/C23H15BrN2O6/c1-12-18(21(27)26(25-12)15-5-2-13(3-6-15)22(28)29)11-16-7-9-20(32-16)17-8-4-14(24)10-19(17)23(30)31/h2-11H,1H3,(H,28,29)(H,30,31)/b18-11-. The van der Waals surface area contributed by atoms with Crippen molar-refractivity contribution in [1.29, 1.82) is 0 Å². The summed E-state index contributed by atoms with van der Waals surface area (Å²) >= 11 is 3.26. The SMILES string of the molecule is CC1=NN(c2ccc(C(=O)O)cc2)C(=O)/C1=C\c1ccc(-c2ccc(Br)cc2C(=O)O)o1. The zero-order valence-corrected chi connectivity index (χ0v) is 18.2. The zero-order valence-electron chi connectivity index (χ0n) is 16.6. The van der Waals surface area contributed by atoms with Crippen LogP contribution >= 0.6 is 15.9 Å². The number of hydrogen-bond acceptors (Lipinski definition) is 5. The van der Waals surface area contributed by atoms with Crippen molar-refractivity contribution in [3.05, 3.63) is 81.5 Å². The predicted octanol–water partition coefficient (Wildman–Crippen LogP) is 4.91. The quantitative estimate of drug-likeness (QED) is 0.486. The van der Waals surface area contributed by atoms with E-state index in [1.807, 2.05) is 0 Å². The van der Waals surface area contributed by atoms with E-state index in [1.54, 1.807) is 31.2 Å². The van der Waals surface area contributed by atoms with Gasteiger partial charge in [-0.3, -0.25) is 4.79 Å². The minimum absolute atomic E-state index is 0.0820. The fourth-order valence-electron chi connectivity index (χ4n) is 3.23. The van der Waals surface area contributed by atoms with E-state index in [0.717, 1.165) is 0 Å². The second-order valence-electron chi connectivity index (χ2n) is 6.91. The average molecular weight is 495 g/mol. The van der Waals surface area contributed by atoms with Crippen LogP contribution in [0, 0.1) is 0 Å². The Kier molecular flexibility index (Phi) is 5.50. The molecule has 160 valence electrons. The first-order valence-electron chi connectivity index (χ1n) is 9.33. The van der Waals surface area contributed by atoms with Crippen LogP contribution in [0.3, 0.4) is 0 Å². The molecule has 1 amide bonds. The summed E-state index contributed by atoms with van der Waals surface area (Å²) in [5, 5.41) is 23.9. The van der Waals surface area contributed by atoms with Gasteiger partial charge in [-0.05, 0) is 67.6 Å². The van der Waals surface area contributed by atoms with Crippen LogP contribution in [-0.2, 0) is 4.79 Å². The predicted molar refractivity (Wildman–Crippen MR) is 121 cm³/mol. The lowest BCUT2D eigenvalue weighted by Crippen LogP contribution is -2.21. The largest absolute Gasteiger partial charge is 0.478 e. The summed E-state index contributed by atoms with van der Waals surface area (Å²) in [7, 11) is 0. The van der Waals surface area contributed by atoms with Gasteiger partial charge in [0.15, 0.2) is 0 Å². The molecule has 0 bridgehead atoms. The summed E-state index contributed by atoms with van der Waals surface area (Å²) in [6.07, 6.45) is 1.54. The van der Waals surface area contributed by atoms with E-state index >= 15 is 0 Å². The number of nitrogens with zero attached hydrogens (tertiary/aromatic N) is 2. The molecule has 2 heterocycles. The number of carboxylic acids is 2. The van der Waals surface area contributed by atoms with Gasteiger partial charge in [-0.1, -0.05) is 15.9 Å². The molecular formula is C23H15BrN2O6. The number of aromatic carboxylic acids is 2. The number of furan rings is 1. The highest BCUT2D eigenvalue weighted by Gasteiger charge is 2.29. The molecule has 0 fully saturated rings. The van der Waals surface area contributed by atoms with Crippen LogP contribution in [0.25, 0.3) is 17.4 Å². The lowest BCUT2D eigenvalue weighted by atomic mass is 10.1. The Morgan fingerprint density at radius 2 is 1.75 bits per heavy atom. The van der Waals surface area contributed by atoms with Gasteiger partial charge in [-0.15, -0.1) is 0 Å². The minimum atomic E-state index is -1.09. The van der Waals surface area contributed by atoms with Crippen LogP contribution in [-0.4, -0.2) is 33.8 Å². The Morgan fingerprint density at radius 3 is 2.41 bits per heavy atom. The molecule has 0 aliphatic carbocycles. The topological polar surface area (TPSA) is 120 Å². The fraction of sp³-hybridized carbons (Fsp3) is 0.0435. The minimum Gasteiger partial charge on any atom is -0.478 e. The van der Waals surface area contributed by atoms with Gasteiger partial charge < -0.3 is 14.6 Å². The maximum atomic E-state index is 12.9. The number of hydrogen-bond donors (Lipinski definition) is 2. The summed E-state index contributed by atoms with van der Waals surface area (Å²) in [6, 6.07) is 13.9. The summed E-state index contributed by atoms with van der Waals surface area (Å²) in [5.41, 5.74) is 1.80. The molecule has 0 unspecified atom stereocenters. The van der Waals surface area contributed by atoms with Crippen molar-refractivity contribution in [2.45, 2.75) is 6.92 Å². The molecule has 0 saturated heterocycles. The van der Waals surface area contributed by atoms with Crippen molar-refractivity contribution >= 4 is 51.3 Å². The van der Waals surface area contributed by atoms with E-state index in [-0.39, 0.29) is 11.1 Å². The van der Waals surface area contributed by atoms with Crippen molar-refractivity contribution < 1.29 is 29.0 Å². The molecule has 9 heteroatoms. The molecule has 2 N–H and O–H groups in total. The second-order valence-corrected chi connectivity index (χ2v) is 7.83. The third-order valence-electron chi connectivity index (χ3n) is 4.81. The Hall–Kier alpha value is -3.98. The van der Waals surface area contributed by atoms with E-state index in [2.05, 4.69) is 21.0 Å². The summed E-state index contributed by atoms with van der Waals surface area (Å²) in [5.74, 6) is -1.83. The molecule has 0 spiro atoms. The summed E-state index contributed by atoms with van der Waals surface area (Å²) in [6.45, 7) is 1.68. The first-order valence-corrected chi connectivity index (χ1v) is 10.1. The van der Waals surface area contributed by atoms with Crippen molar-refractivity contribution in [2.24, 2.45) is 5.10 Å². The number of amides is 1. The van der Waals surface area contributed by atoms with Gasteiger partial charge in [0.2, 0.25) is 0 Å². The molecule has 0 saturated carbocycles. The second kappa shape index (κ2) is 8.27. The van der Waals surface area contributed by atoms with E-state index in [1.165, 1.54) is 41.4 Å². The molecule has 1 aromatic heterocycles. The molecule has 3 aromatic rings. The Bertz CT molecular complexity index is 1320. The van der Waals surface area contributed by atoms with Crippen LogP contribution in [0.4, 0.5) is 5.69 Å². The molecule has 4 rings (SSSR count). The van der Waals surface area contributed by atoms with Crippen LogP contribution < -0.4 is 5.01 Å². The highest BCUT2D eigenvalue weighted by atomic mass is 79.9. The Labute approximate surface area is 190 Å². The monoisotopic (exact) mass is 494 g/mol. The molecule has 1 aliphatic heterocycles. The first kappa shape index (κ1) is 21.3. The smallest absolute Gasteiger partial charge is 0.336 e. The zero-order chi connectivity index (χ0) is 23.0. The fourth-order valence-corrected chi connectivity index (χ4v) is 3.59. The lowest BCUT2D eigenvalue weighted by Gasteiger charge is -2.11. The van der Waals surface area contributed by atoms with E-state index in [9.17, 15) is 19.5 Å². The van der Waals surface area contributed by atoms with Gasteiger partial charge in [-0.2, -0.15) is 10.1 Å². The van der Waals surface area contributed by atoms with Crippen molar-refractivity contribution in [3.63, 3.8) is 0 Å². The van der Waals surface area contributed by atoms with Gasteiger partial charge in [0.1, 0.15) is 11.5 Å². The van der Waals surface area contributed by atoms with Crippen LogP contribution in [0.15, 0.2) is 74.2 Å². The Morgan fingerprint density at radius 1 is 1.03 bits per heavy atom. The van der Waals surface area contributed by atoms with Crippen molar-refractivity contribution in [1.82, 2.24) is 0 Å². The van der Waals surface area contributed by atoms with Crippen molar-refractivity contribution in [3.8, 4) is 11.3 Å². The summed E-state index contributed by atoms with van der Waals surface area (Å²) < 4.78 is 6.43. The molecule has 0 atom stereocenters. The average Bonchev–Trinajstić information content (AvgIpc) is 3.34. The van der Waals surface area contributed by atoms with Gasteiger partial charge in [0.05, 0.1) is 28.1 Å². The van der Waals surface area contributed by atoms with Gasteiger partial charge in [-0.25, -0.2) is 9.59 Å². The van der Waals surface area contributed by atoms with E-state index in [0.29, 0.717) is 38.5 Å². The summed E-state index contributed by atoms with van der Waals surface area (Å²) in [4.78, 5) is 35.5. The van der Waals surface area contributed by atoms with Crippen LogP contribution in [0.1, 0.15) is 33.4 Å². The van der Waals surface area contributed by atoms with Gasteiger partial charge >= 0.3 is 11.9 Å². The normalized spacial score (nSPS) is 14.7. The van der Waals surface area contributed by atoms with E-state index < -0.39 is 17.8 Å². The molecule has 1 aliphatic rings. The number of carbonyl (C=O) groups is 3. The number of benzene rings is 2. The number of carboxylic acid groups (broad SMARTS) is 2. The van der Waals surface area contributed by atoms with Gasteiger partial charge in [0, 0.05) is 10.0 Å². The highest BCUT2D eigenvalue weighted by Crippen LogP contribution is 2.30. The van der Waals surface area contributed by atoms with Crippen molar-refractivity contribution in [2.75, 3.05) is 5.01 Å².